The zero-order valence-corrected chi connectivity index (χ0v) is 20.4. The molecule has 2 fully saturated rings. The van der Waals surface area contributed by atoms with E-state index in [1.807, 2.05) is 30.3 Å². The molecule has 0 aliphatic heterocycles. The Morgan fingerprint density at radius 1 is 0.971 bits per heavy atom. The standard InChI is InChI=1S/C28H36N2O5/c1-34-25-14-8-5-11-22(25)26(32)29-19-28(20-9-3-2-4-10-20)17-15-21(16-18-28)35-27(33)30-23-12-6-7-13-24(23)31/h2-5,8-11,14,21,23-24,31H,6-7,12-13,15-19H2,1H3,(H,29,32)(H,30,33)/t21?,23?,24-,28?/m1/s1. The van der Waals surface area contributed by atoms with E-state index in [0.717, 1.165) is 32.1 Å². The average Bonchev–Trinajstić information content (AvgIpc) is 2.90. The first-order valence-electron chi connectivity index (χ1n) is 12.6. The van der Waals surface area contributed by atoms with Crippen LogP contribution in [0.15, 0.2) is 54.6 Å². The number of nitrogens with one attached hydrogen (secondary N) is 2. The van der Waals surface area contributed by atoms with E-state index in [1.165, 1.54) is 5.56 Å². The Balaban J connectivity index is 1.38. The molecule has 0 bridgehead atoms. The SMILES string of the molecule is COc1ccccc1C(=O)NCC1(c2ccccc2)CCC(OC(=O)NC2CCCC[C@H]2O)CC1. The van der Waals surface area contributed by atoms with E-state index in [-0.39, 0.29) is 23.5 Å². The highest BCUT2D eigenvalue weighted by molar-refractivity contribution is 5.97. The van der Waals surface area contributed by atoms with Gasteiger partial charge in [-0.05, 0) is 56.2 Å². The Kier molecular flexibility index (Phi) is 8.29. The third-order valence-electron chi connectivity index (χ3n) is 7.52. The molecule has 7 heteroatoms. The predicted molar refractivity (Wildman–Crippen MR) is 134 cm³/mol. The first kappa shape index (κ1) is 25.0. The highest BCUT2D eigenvalue weighted by Gasteiger charge is 2.39. The van der Waals surface area contributed by atoms with Crippen LogP contribution in [0.3, 0.4) is 0 Å². The fourth-order valence-electron chi connectivity index (χ4n) is 5.41. The van der Waals surface area contributed by atoms with Crippen LogP contribution in [0.1, 0.15) is 67.3 Å². The molecule has 0 spiro atoms. The topological polar surface area (TPSA) is 96.9 Å². The van der Waals surface area contributed by atoms with Gasteiger partial charge in [-0.1, -0.05) is 55.3 Å². The number of carbonyl (C=O) groups excluding carboxylic acids is 2. The molecule has 0 aromatic heterocycles. The van der Waals surface area contributed by atoms with Crippen molar-refractivity contribution in [2.24, 2.45) is 0 Å². The van der Waals surface area contributed by atoms with Gasteiger partial charge in [-0.25, -0.2) is 4.79 Å². The van der Waals surface area contributed by atoms with Crippen molar-refractivity contribution in [2.75, 3.05) is 13.7 Å². The van der Waals surface area contributed by atoms with E-state index >= 15 is 0 Å². The summed E-state index contributed by atoms with van der Waals surface area (Å²) in [5.74, 6) is 0.381. The van der Waals surface area contributed by atoms with Gasteiger partial charge in [0.25, 0.3) is 5.91 Å². The van der Waals surface area contributed by atoms with E-state index in [4.69, 9.17) is 9.47 Å². The number of aliphatic hydroxyl groups is 1. The molecule has 2 aromatic carbocycles. The van der Waals surface area contributed by atoms with Crippen LogP contribution >= 0.6 is 0 Å². The maximum atomic E-state index is 13.0. The van der Waals surface area contributed by atoms with E-state index in [1.54, 1.807) is 19.2 Å². The van der Waals surface area contributed by atoms with Gasteiger partial charge in [-0.15, -0.1) is 0 Å². The first-order chi connectivity index (χ1) is 17.0. The summed E-state index contributed by atoms with van der Waals surface area (Å²) in [6, 6.07) is 17.2. The molecule has 2 saturated carbocycles. The van der Waals surface area contributed by atoms with Crippen LogP contribution in [-0.4, -0.2) is 49.0 Å². The number of ether oxygens (including phenoxy) is 2. The van der Waals surface area contributed by atoms with Crippen molar-refractivity contribution in [2.45, 2.75) is 75.0 Å². The lowest BCUT2D eigenvalue weighted by Crippen LogP contribution is -2.47. The monoisotopic (exact) mass is 480 g/mol. The number of hydrogen-bond donors (Lipinski definition) is 3. The number of para-hydroxylation sites is 1. The third-order valence-corrected chi connectivity index (χ3v) is 7.52. The third kappa shape index (κ3) is 6.14. The van der Waals surface area contributed by atoms with E-state index in [2.05, 4.69) is 22.8 Å². The molecule has 2 amide bonds. The van der Waals surface area contributed by atoms with Crippen molar-refractivity contribution in [1.82, 2.24) is 10.6 Å². The molecule has 2 aromatic rings. The Hall–Kier alpha value is -3.06. The molecule has 4 rings (SSSR count). The molecule has 3 N–H and O–H groups in total. The van der Waals surface area contributed by atoms with Crippen LogP contribution in [0.5, 0.6) is 5.75 Å². The second-order valence-corrected chi connectivity index (χ2v) is 9.74. The molecule has 2 atom stereocenters. The van der Waals surface area contributed by atoms with Gasteiger partial charge in [0.05, 0.1) is 24.8 Å². The first-order valence-corrected chi connectivity index (χ1v) is 12.6. The molecule has 0 heterocycles. The van der Waals surface area contributed by atoms with Gasteiger partial charge in [0.1, 0.15) is 11.9 Å². The van der Waals surface area contributed by atoms with Crippen LogP contribution in [0, 0.1) is 0 Å². The van der Waals surface area contributed by atoms with Crippen molar-refractivity contribution in [3.8, 4) is 5.75 Å². The van der Waals surface area contributed by atoms with Crippen molar-refractivity contribution < 1.29 is 24.2 Å². The largest absolute Gasteiger partial charge is 0.496 e. The molecule has 35 heavy (non-hydrogen) atoms. The summed E-state index contributed by atoms with van der Waals surface area (Å²) in [5.41, 5.74) is 1.44. The second kappa shape index (κ2) is 11.6. The molecule has 2 aliphatic rings. The Morgan fingerprint density at radius 3 is 2.37 bits per heavy atom. The molecule has 188 valence electrons. The quantitative estimate of drug-likeness (QED) is 0.548. The van der Waals surface area contributed by atoms with Gasteiger partial charge in [-0.2, -0.15) is 0 Å². The molecule has 7 nitrogen and oxygen atoms in total. The minimum absolute atomic E-state index is 0.165. The van der Waals surface area contributed by atoms with Crippen molar-refractivity contribution in [1.29, 1.82) is 0 Å². The summed E-state index contributed by atoms with van der Waals surface area (Å²) in [6.45, 7) is 0.487. The molecular formula is C28H36N2O5. The number of amides is 2. The maximum absolute atomic E-state index is 13.0. The number of rotatable bonds is 7. The smallest absolute Gasteiger partial charge is 0.407 e. The van der Waals surface area contributed by atoms with Crippen LogP contribution in [0.25, 0.3) is 0 Å². The normalized spacial score (nSPS) is 26.4. The summed E-state index contributed by atoms with van der Waals surface area (Å²) in [7, 11) is 1.56. The lowest BCUT2D eigenvalue weighted by atomic mass is 9.68. The van der Waals surface area contributed by atoms with E-state index < -0.39 is 12.2 Å². The predicted octanol–water partition coefficient (Wildman–Crippen LogP) is 4.34. The minimum atomic E-state index is -0.500. The van der Waals surface area contributed by atoms with Gasteiger partial charge < -0.3 is 25.2 Å². The number of aliphatic hydroxyl groups excluding tert-OH is 1. The minimum Gasteiger partial charge on any atom is -0.496 e. The lowest BCUT2D eigenvalue weighted by Gasteiger charge is -2.40. The zero-order chi connectivity index (χ0) is 24.7. The Labute approximate surface area is 207 Å². The number of alkyl carbamates (subject to hydrolysis) is 1. The van der Waals surface area contributed by atoms with Crippen LogP contribution < -0.4 is 15.4 Å². The molecule has 0 radical (unpaired) electrons. The fraction of sp³-hybridized carbons (Fsp3) is 0.500. The number of carbonyl (C=O) groups is 2. The van der Waals surface area contributed by atoms with Crippen LogP contribution in [0.2, 0.25) is 0 Å². The highest BCUT2D eigenvalue weighted by Crippen LogP contribution is 2.40. The molecule has 2 aliphatic carbocycles. The summed E-state index contributed by atoms with van der Waals surface area (Å²) in [5, 5.41) is 16.1. The maximum Gasteiger partial charge on any atom is 0.407 e. The van der Waals surface area contributed by atoms with Gasteiger partial charge in [0.2, 0.25) is 0 Å². The van der Waals surface area contributed by atoms with Crippen LogP contribution in [-0.2, 0) is 10.2 Å². The fourth-order valence-corrected chi connectivity index (χ4v) is 5.41. The summed E-state index contributed by atoms with van der Waals surface area (Å²) < 4.78 is 11.1. The van der Waals surface area contributed by atoms with Crippen LogP contribution in [0.4, 0.5) is 4.79 Å². The lowest BCUT2D eigenvalue weighted by molar-refractivity contribution is 0.0416. The molecule has 1 unspecified atom stereocenters. The number of hydrogen-bond acceptors (Lipinski definition) is 5. The van der Waals surface area contributed by atoms with Gasteiger partial charge in [0.15, 0.2) is 0 Å². The highest BCUT2D eigenvalue weighted by atomic mass is 16.6. The van der Waals surface area contributed by atoms with E-state index in [9.17, 15) is 14.7 Å². The van der Waals surface area contributed by atoms with Gasteiger partial charge >= 0.3 is 6.09 Å². The Morgan fingerprint density at radius 2 is 1.66 bits per heavy atom. The molecule has 0 saturated heterocycles. The van der Waals surface area contributed by atoms with Crippen molar-refractivity contribution >= 4 is 12.0 Å². The zero-order valence-electron chi connectivity index (χ0n) is 20.4. The summed E-state index contributed by atoms with van der Waals surface area (Å²) in [4.78, 5) is 25.5. The summed E-state index contributed by atoms with van der Waals surface area (Å²) >= 11 is 0. The van der Waals surface area contributed by atoms with Crippen molar-refractivity contribution in [3.05, 3.63) is 65.7 Å². The number of benzene rings is 2. The van der Waals surface area contributed by atoms with Gasteiger partial charge in [-0.3, -0.25) is 4.79 Å². The summed E-state index contributed by atoms with van der Waals surface area (Å²) in [6.07, 6.45) is 5.35. The molecular weight excluding hydrogens is 444 g/mol. The van der Waals surface area contributed by atoms with Gasteiger partial charge in [0, 0.05) is 12.0 Å². The second-order valence-electron chi connectivity index (χ2n) is 9.74. The Bertz CT molecular complexity index is 988. The number of methoxy groups -OCH3 is 1. The average molecular weight is 481 g/mol. The van der Waals surface area contributed by atoms with Crippen molar-refractivity contribution in [3.63, 3.8) is 0 Å². The van der Waals surface area contributed by atoms with E-state index in [0.29, 0.717) is 37.1 Å².